The summed E-state index contributed by atoms with van der Waals surface area (Å²) in [6.07, 6.45) is 3.54. The van der Waals surface area contributed by atoms with E-state index in [2.05, 4.69) is 15.6 Å². The van der Waals surface area contributed by atoms with Crippen molar-refractivity contribution in [1.82, 2.24) is 25.1 Å². The predicted molar refractivity (Wildman–Crippen MR) is 122 cm³/mol. The molecule has 2 N–H and O–H groups in total. The third-order valence-electron chi connectivity index (χ3n) is 5.45. The lowest BCUT2D eigenvalue weighted by atomic mass is 10.0. The SMILES string of the molecule is COc1ccc2cc1OCCN(C(C)=O)CC(=O)N[C@H](C(C)C)C(=O)NCCn1ccnc1-2. The summed E-state index contributed by atoms with van der Waals surface area (Å²) >= 11 is 0. The average Bonchev–Trinajstić information content (AvgIpc) is 3.24. The monoisotopic (exact) mass is 457 g/mol. The Bertz CT molecular complexity index is 1000. The number of amides is 3. The molecule has 0 saturated carbocycles. The molecule has 3 amide bonds. The summed E-state index contributed by atoms with van der Waals surface area (Å²) in [5, 5.41) is 5.65. The minimum absolute atomic E-state index is 0.122. The second-order valence-corrected chi connectivity index (χ2v) is 8.18. The number of ether oxygens (including phenoxy) is 2. The zero-order valence-corrected chi connectivity index (χ0v) is 19.5. The van der Waals surface area contributed by atoms with Crippen LogP contribution in [0.3, 0.4) is 0 Å². The van der Waals surface area contributed by atoms with Gasteiger partial charge in [0.15, 0.2) is 11.5 Å². The molecular weight excluding hydrogens is 426 g/mol. The highest BCUT2D eigenvalue weighted by atomic mass is 16.5. The molecule has 10 heteroatoms. The van der Waals surface area contributed by atoms with Crippen LogP contribution < -0.4 is 20.1 Å². The summed E-state index contributed by atoms with van der Waals surface area (Å²) in [5.41, 5.74) is 0.826. The van der Waals surface area contributed by atoms with E-state index in [1.54, 1.807) is 19.4 Å². The first-order chi connectivity index (χ1) is 15.8. The van der Waals surface area contributed by atoms with E-state index in [1.807, 2.05) is 36.7 Å². The van der Waals surface area contributed by atoms with Gasteiger partial charge in [0, 0.05) is 38.0 Å². The van der Waals surface area contributed by atoms with Crippen LogP contribution in [-0.2, 0) is 20.9 Å². The molecule has 2 bridgehead atoms. The molecule has 0 unspecified atom stereocenters. The molecule has 1 aromatic carbocycles. The Morgan fingerprint density at radius 1 is 1.27 bits per heavy atom. The number of fused-ring (bicyclic) bond motifs is 4. The highest BCUT2D eigenvalue weighted by Gasteiger charge is 2.25. The van der Waals surface area contributed by atoms with E-state index in [-0.39, 0.29) is 37.4 Å². The van der Waals surface area contributed by atoms with Crippen LogP contribution in [0.15, 0.2) is 30.6 Å². The van der Waals surface area contributed by atoms with Gasteiger partial charge in [-0.2, -0.15) is 0 Å². The van der Waals surface area contributed by atoms with Crippen LogP contribution in [0, 0.1) is 5.92 Å². The highest BCUT2D eigenvalue weighted by molar-refractivity contribution is 5.90. The number of rotatable bonds is 2. The number of nitrogens with one attached hydrogen (secondary N) is 2. The predicted octanol–water partition coefficient (Wildman–Crippen LogP) is 1.06. The minimum atomic E-state index is -0.709. The molecule has 0 saturated heterocycles. The van der Waals surface area contributed by atoms with Crippen molar-refractivity contribution in [2.24, 2.45) is 5.92 Å². The van der Waals surface area contributed by atoms with E-state index in [0.717, 1.165) is 11.4 Å². The molecular formula is C23H31N5O5. The fourth-order valence-corrected chi connectivity index (χ4v) is 3.63. The molecule has 0 aliphatic carbocycles. The molecule has 1 aromatic heterocycles. The van der Waals surface area contributed by atoms with Crippen LogP contribution in [0.5, 0.6) is 11.5 Å². The quantitative estimate of drug-likeness (QED) is 0.697. The number of aromatic nitrogens is 2. The first-order valence-electron chi connectivity index (χ1n) is 10.9. The lowest BCUT2D eigenvalue weighted by molar-refractivity contribution is -0.136. The van der Waals surface area contributed by atoms with E-state index in [1.165, 1.54) is 11.8 Å². The summed E-state index contributed by atoms with van der Waals surface area (Å²) in [6.45, 7) is 6.17. The normalized spacial score (nSPS) is 18.0. The zero-order chi connectivity index (χ0) is 24.0. The third-order valence-corrected chi connectivity index (χ3v) is 5.45. The van der Waals surface area contributed by atoms with E-state index < -0.39 is 11.9 Å². The summed E-state index contributed by atoms with van der Waals surface area (Å²) in [5.74, 6) is 0.723. The number of methoxy groups -OCH3 is 1. The summed E-state index contributed by atoms with van der Waals surface area (Å²) in [4.78, 5) is 43.3. The number of hydrogen-bond acceptors (Lipinski definition) is 6. The van der Waals surface area contributed by atoms with Gasteiger partial charge in [-0.3, -0.25) is 14.4 Å². The maximum atomic E-state index is 12.8. The summed E-state index contributed by atoms with van der Waals surface area (Å²) < 4.78 is 13.3. The maximum Gasteiger partial charge on any atom is 0.242 e. The molecule has 178 valence electrons. The summed E-state index contributed by atoms with van der Waals surface area (Å²) in [6, 6.07) is 4.80. The fourth-order valence-electron chi connectivity index (χ4n) is 3.63. The van der Waals surface area contributed by atoms with Gasteiger partial charge in [-0.05, 0) is 24.1 Å². The Morgan fingerprint density at radius 3 is 2.76 bits per heavy atom. The first-order valence-corrected chi connectivity index (χ1v) is 10.9. The Hall–Kier alpha value is -3.56. The van der Waals surface area contributed by atoms with E-state index in [4.69, 9.17) is 9.47 Å². The Balaban J connectivity index is 1.92. The van der Waals surface area contributed by atoms with Crippen molar-refractivity contribution in [3.05, 3.63) is 30.6 Å². The van der Waals surface area contributed by atoms with Gasteiger partial charge < -0.3 is 29.6 Å². The van der Waals surface area contributed by atoms with Crippen molar-refractivity contribution in [2.45, 2.75) is 33.4 Å². The van der Waals surface area contributed by atoms with Gasteiger partial charge in [0.25, 0.3) is 0 Å². The van der Waals surface area contributed by atoms with Gasteiger partial charge >= 0.3 is 0 Å². The van der Waals surface area contributed by atoms with Gasteiger partial charge in [-0.1, -0.05) is 13.8 Å². The molecule has 1 aliphatic rings. The average molecular weight is 458 g/mol. The second-order valence-electron chi connectivity index (χ2n) is 8.18. The number of hydrogen-bond donors (Lipinski definition) is 2. The molecule has 0 radical (unpaired) electrons. The Labute approximate surface area is 193 Å². The molecule has 10 nitrogen and oxygen atoms in total. The molecule has 2 aromatic rings. The van der Waals surface area contributed by atoms with Crippen LogP contribution in [-0.4, -0.2) is 71.6 Å². The topological polar surface area (TPSA) is 115 Å². The van der Waals surface area contributed by atoms with Gasteiger partial charge in [0.2, 0.25) is 17.7 Å². The molecule has 3 rings (SSSR count). The number of nitrogens with zero attached hydrogens (tertiary/aromatic N) is 3. The fraction of sp³-hybridized carbons (Fsp3) is 0.478. The lowest BCUT2D eigenvalue weighted by Gasteiger charge is -2.25. The van der Waals surface area contributed by atoms with E-state index >= 15 is 0 Å². The first kappa shape index (κ1) is 24.1. The molecule has 0 fully saturated rings. The van der Waals surface area contributed by atoms with Gasteiger partial charge in [0.05, 0.1) is 20.2 Å². The van der Waals surface area contributed by atoms with Gasteiger partial charge in [0.1, 0.15) is 18.5 Å². The Morgan fingerprint density at radius 2 is 2.06 bits per heavy atom. The van der Waals surface area contributed by atoms with Gasteiger partial charge in [-0.15, -0.1) is 0 Å². The van der Waals surface area contributed by atoms with Crippen LogP contribution in [0.25, 0.3) is 11.4 Å². The van der Waals surface area contributed by atoms with Crippen molar-refractivity contribution >= 4 is 17.7 Å². The summed E-state index contributed by atoms with van der Waals surface area (Å²) in [7, 11) is 1.55. The van der Waals surface area contributed by atoms with Crippen molar-refractivity contribution in [2.75, 3.05) is 33.4 Å². The van der Waals surface area contributed by atoms with Crippen molar-refractivity contribution in [1.29, 1.82) is 0 Å². The number of carbonyl (C=O) groups excluding carboxylic acids is 3. The Kier molecular flexibility index (Phi) is 7.92. The smallest absolute Gasteiger partial charge is 0.242 e. The largest absolute Gasteiger partial charge is 0.493 e. The van der Waals surface area contributed by atoms with Crippen molar-refractivity contribution in [3.8, 4) is 22.9 Å². The minimum Gasteiger partial charge on any atom is -0.493 e. The van der Waals surface area contributed by atoms with E-state index in [9.17, 15) is 14.4 Å². The number of imidazole rings is 1. The molecule has 1 atom stereocenters. The highest BCUT2D eigenvalue weighted by Crippen LogP contribution is 2.32. The van der Waals surface area contributed by atoms with Crippen molar-refractivity contribution < 1.29 is 23.9 Å². The standard InChI is InChI=1S/C23H31N5O5/c1-15(2)21-23(31)25-8-10-27-9-7-24-22(27)17-5-6-18(32-4)19(13-17)33-12-11-28(16(3)29)14-20(30)26-21/h5-7,9,13,15,21H,8,10-12,14H2,1-4H3,(H,25,31)(H,26,30)/t21-/m1/s1. The van der Waals surface area contributed by atoms with Gasteiger partial charge in [-0.25, -0.2) is 4.98 Å². The van der Waals surface area contributed by atoms with E-state index in [0.29, 0.717) is 24.6 Å². The number of carbonyl (C=O) groups is 3. The molecule has 2 heterocycles. The molecule has 1 aliphatic heterocycles. The number of benzene rings is 1. The molecule has 33 heavy (non-hydrogen) atoms. The van der Waals surface area contributed by atoms with Crippen LogP contribution >= 0.6 is 0 Å². The van der Waals surface area contributed by atoms with Crippen LogP contribution in [0.2, 0.25) is 0 Å². The maximum absolute atomic E-state index is 12.8. The lowest BCUT2D eigenvalue weighted by Crippen LogP contribution is -2.53. The molecule has 0 spiro atoms. The van der Waals surface area contributed by atoms with Crippen LogP contribution in [0.1, 0.15) is 20.8 Å². The third kappa shape index (κ3) is 6.03. The second kappa shape index (κ2) is 10.8. The van der Waals surface area contributed by atoms with Crippen molar-refractivity contribution in [3.63, 3.8) is 0 Å². The van der Waals surface area contributed by atoms with Crippen LogP contribution in [0.4, 0.5) is 0 Å². The zero-order valence-electron chi connectivity index (χ0n) is 19.5.